The molecule has 5 heteroatoms. The zero-order valence-electron chi connectivity index (χ0n) is 7.68. The summed E-state index contributed by atoms with van der Waals surface area (Å²) in [5, 5.41) is -0.350. The second-order valence-corrected chi connectivity index (χ2v) is 3.41. The largest absolute Gasteiger partial charge is 0.417 e. The molecular formula is C10H9ClF3N. The first kappa shape index (κ1) is 12.1. The van der Waals surface area contributed by atoms with Gasteiger partial charge >= 0.3 is 6.18 Å². The van der Waals surface area contributed by atoms with Gasteiger partial charge in [0.05, 0.1) is 10.6 Å². The highest BCUT2D eigenvalue weighted by Crippen LogP contribution is 2.35. The van der Waals surface area contributed by atoms with E-state index in [4.69, 9.17) is 17.3 Å². The van der Waals surface area contributed by atoms with Crippen molar-refractivity contribution >= 4 is 11.6 Å². The summed E-state index contributed by atoms with van der Waals surface area (Å²) in [5.74, 6) is 0. The molecule has 0 radical (unpaired) electrons. The molecule has 0 aromatic heterocycles. The van der Waals surface area contributed by atoms with Gasteiger partial charge in [0.1, 0.15) is 0 Å². The monoisotopic (exact) mass is 235 g/mol. The van der Waals surface area contributed by atoms with Gasteiger partial charge in [-0.3, -0.25) is 0 Å². The number of hydrogen-bond donors (Lipinski definition) is 1. The number of hydrogen-bond acceptors (Lipinski definition) is 1. The van der Waals surface area contributed by atoms with Gasteiger partial charge in [-0.2, -0.15) is 13.2 Å². The standard InChI is InChI=1S/C10H9ClF3N/c1-2-9(15)6-3-4-7(8(11)5-6)10(12,13)14/h2-5,9H,1,15H2. The second kappa shape index (κ2) is 4.24. The normalized spacial score (nSPS) is 13.7. The van der Waals surface area contributed by atoms with Gasteiger partial charge in [0.2, 0.25) is 0 Å². The maximum Gasteiger partial charge on any atom is 0.417 e. The smallest absolute Gasteiger partial charge is 0.321 e. The Morgan fingerprint density at radius 2 is 2.00 bits per heavy atom. The summed E-state index contributed by atoms with van der Waals surface area (Å²) >= 11 is 5.51. The lowest BCUT2D eigenvalue weighted by Crippen LogP contribution is -2.09. The molecule has 0 spiro atoms. The molecule has 0 aliphatic rings. The molecule has 1 nitrogen and oxygen atoms in total. The minimum absolute atomic E-state index is 0.350. The summed E-state index contributed by atoms with van der Waals surface area (Å²) < 4.78 is 37.0. The Morgan fingerprint density at radius 1 is 1.40 bits per heavy atom. The molecule has 1 rings (SSSR count). The number of rotatable bonds is 2. The number of halogens is 4. The van der Waals surface area contributed by atoms with E-state index in [1.807, 2.05) is 0 Å². The molecule has 0 saturated heterocycles. The zero-order chi connectivity index (χ0) is 11.6. The molecule has 82 valence electrons. The first-order valence-electron chi connectivity index (χ1n) is 4.11. The van der Waals surface area contributed by atoms with Gasteiger partial charge < -0.3 is 5.73 Å². The highest BCUT2D eigenvalue weighted by molar-refractivity contribution is 6.31. The van der Waals surface area contributed by atoms with Crippen molar-refractivity contribution in [3.05, 3.63) is 47.0 Å². The number of benzene rings is 1. The maximum absolute atomic E-state index is 12.3. The van der Waals surface area contributed by atoms with Crippen LogP contribution in [0, 0.1) is 0 Å². The van der Waals surface area contributed by atoms with Crippen LogP contribution in [0.4, 0.5) is 13.2 Å². The first-order valence-corrected chi connectivity index (χ1v) is 4.49. The fourth-order valence-electron chi connectivity index (χ4n) is 1.10. The van der Waals surface area contributed by atoms with Gasteiger partial charge in [-0.1, -0.05) is 23.7 Å². The molecule has 0 aliphatic heterocycles. The average Bonchev–Trinajstić information content (AvgIpc) is 2.14. The molecule has 0 aliphatic carbocycles. The summed E-state index contributed by atoms with van der Waals surface area (Å²) in [4.78, 5) is 0. The quantitative estimate of drug-likeness (QED) is 0.780. The Bertz CT molecular complexity index is 373. The van der Waals surface area contributed by atoms with E-state index in [1.165, 1.54) is 18.2 Å². The Labute approximate surface area is 90.3 Å². The molecule has 15 heavy (non-hydrogen) atoms. The summed E-state index contributed by atoms with van der Waals surface area (Å²) in [5.41, 5.74) is 5.21. The summed E-state index contributed by atoms with van der Waals surface area (Å²) in [6.07, 6.45) is -3.01. The highest BCUT2D eigenvalue weighted by atomic mass is 35.5. The van der Waals surface area contributed by atoms with Crippen LogP contribution in [0.1, 0.15) is 17.2 Å². The topological polar surface area (TPSA) is 26.0 Å². The molecule has 0 bridgehead atoms. The van der Waals surface area contributed by atoms with Crippen molar-refractivity contribution in [2.75, 3.05) is 0 Å². The highest BCUT2D eigenvalue weighted by Gasteiger charge is 2.33. The van der Waals surface area contributed by atoms with Crippen LogP contribution in [0.2, 0.25) is 5.02 Å². The van der Waals surface area contributed by atoms with Crippen LogP contribution < -0.4 is 5.73 Å². The van der Waals surface area contributed by atoms with E-state index < -0.39 is 17.8 Å². The van der Waals surface area contributed by atoms with E-state index in [-0.39, 0.29) is 5.02 Å². The zero-order valence-corrected chi connectivity index (χ0v) is 8.44. The van der Waals surface area contributed by atoms with E-state index in [0.717, 1.165) is 6.07 Å². The molecule has 0 saturated carbocycles. The summed E-state index contributed by atoms with van der Waals surface area (Å²) in [7, 11) is 0. The van der Waals surface area contributed by atoms with Gasteiger partial charge in [-0.15, -0.1) is 6.58 Å². The maximum atomic E-state index is 12.3. The molecule has 0 heterocycles. The molecule has 0 fully saturated rings. The summed E-state index contributed by atoms with van der Waals surface area (Å²) in [6.45, 7) is 3.45. The van der Waals surface area contributed by atoms with Crippen molar-refractivity contribution in [2.24, 2.45) is 5.73 Å². The van der Waals surface area contributed by atoms with Crippen molar-refractivity contribution in [3.63, 3.8) is 0 Å². The number of nitrogens with two attached hydrogens (primary N) is 1. The minimum Gasteiger partial charge on any atom is -0.321 e. The van der Waals surface area contributed by atoms with E-state index in [2.05, 4.69) is 6.58 Å². The lowest BCUT2D eigenvalue weighted by Gasteiger charge is -2.12. The third kappa shape index (κ3) is 2.73. The lowest BCUT2D eigenvalue weighted by atomic mass is 10.1. The van der Waals surface area contributed by atoms with Crippen LogP contribution in [0.3, 0.4) is 0 Å². The Hall–Kier alpha value is -1.00. The molecule has 2 N–H and O–H groups in total. The van der Waals surface area contributed by atoms with E-state index >= 15 is 0 Å². The predicted octanol–water partition coefficient (Wildman–Crippen LogP) is 3.54. The van der Waals surface area contributed by atoms with Crippen LogP contribution in [0.25, 0.3) is 0 Å². The van der Waals surface area contributed by atoms with Crippen LogP contribution in [0.15, 0.2) is 30.9 Å². The SMILES string of the molecule is C=CC(N)c1ccc(C(F)(F)F)c(Cl)c1. The predicted molar refractivity (Wildman–Crippen MR) is 53.6 cm³/mol. The second-order valence-electron chi connectivity index (χ2n) is 3.00. The molecule has 1 unspecified atom stereocenters. The average molecular weight is 236 g/mol. The van der Waals surface area contributed by atoms with Gasteiger partial charge in [-0.25, -0.2) is 0 Å². The van der Waals surface area contributed by atoms with Crippen molar-refractivity contribution in [2.45, 2.75) is 12.2 Å². The third-order valence-electron chi connectivity index (χ3n) is 1.94. The van der Waals surface area contributed by atoms with Crippen LogP contribution >= 0.6 is 11.6 Å². The van der Waals surface area contributed by atoms with Crippen molar-refractivity contribution < 1.29 is 13.2 Å². The summed E-state index contributed by atoms with van der Waals surface area (Å²) in [6, 6.07) is 2.91. The van der Waals surface area contributed by atoms with Crippen LogP contribution in [-0.2, 0) is 6.18 Å². The molecule has 0 amide bonds. The first-order chi connectivity index (χ1) is 6.86. The van der Waals surface area contributed by atoms with Gasteiger partial charge in [0, 0.05) is 6.04 Å². The van der Waals surface area contributed by atoms with Crippen molar-refractivity contribution in [3.8, 4) is 0 Å². The van der Waals surface area contributed by atoms with Crippen molar-refractivity contribution in [1.82, 2.24) is 0 Å². The van der Waals surface area contributed by atoms with Crippen LogP contribution in [-0.4, -0.2) is 0 Å². The Morgan fingerprint density at radius 3 is 2.40 bits per heavy atom. The number of alkyl halides is 3. The molecule has 1 atom stereocenters. The molecular weight excluding hydrogens is 227 g/mol. The molecule has 1 aromatic carbocycles. The van der Waals surface area contributed by atoms with Crippen molar-refractivity contribution in [1.29, 1.82) is 0 Å². The Balaban J connectivity index is 3.14. The van der Waals surface area contributed by atoms with E-state index in [9.17, 15) is 13.2 Å². The third-order valence-corrected chi connectivity index (χ3v) is 2.25. The van der Waals surface area contributed by atoms with E-state index in [1.54, 1.807) is 0 Å². The van der Waals surface area contributed by atoms with Gasteiger partial charge in [0.15, 0.2) is 0 Å². The van der Waals surface area contributed by atoms with Gasteiger partial charge in [-0.05, 0) is 17.7 Å². The fraction of sp³-hybridized carbons (Fsp3) is 0.200. The lowest BCUT2D eigenvalue weighted by molar-refractivity contribution is -0.137. The Kier molecular flexibility index (Phi) is 3.42. The van der Waals surface area contributed by atoms with Gasteiger partial charge in [0.25, 0.3) is 0 Å². The molecule has 1 aromatic rings. The van der Waals surface area contributed by atoms with Crippen LogP contribution in [0.5, 0.6) is 0 Å². The fourth-order valence-corrected chi connectivity index (χ4v) is 1.40. The minimum atomic E-state index is -4.44. The van der Waals surface area contributed by atoms with E-state index in [0.29, 0.717) is 5.56 Å².